The molecule has 2 heterocycles. The normalized spacial score (nSPS) is 13.1. The first-order valence-corrected chi connectivity index (χ1v) is 24.6. The van der Waals surface area contributed by atoms with Gasteiger partial charge in [0.05, 0.1) is 23.1 Å². The van der Waals surface area contributed by atoms with Gasteiger partial charge in [0.2, 0.25) is 0 Å². The van der Waals surface area contributed by atoms with Gasteiger partial charge >= 0.3 is 0 Å². The maximum Gasteiger partial charge on any atom is 0.134 e. The summed E-state index contributed by atoms with van der Waals surface area (Å²) in [7, 11) is 0. The van der Waals surface area contributed by atoms with Crippen molar-refractivity contribution in [3.63, 3.8) is 0 Å². The molecule has 0 saturated carbocycles. The summed E-state index contributed by atoms with van der Waals surface area (Å²) in [6.45, 7) is 0. The van der Waals surface area contributed by atoms with Crippen molar-refractivity contribution in [1.82, 2.24) is 10.3 Å². The zero-order valence-electron chi connectivity index (χ0n) is 39.6. The fraction of sp³-hybridized carbons (Fsp3) is 0.0145. The largest absolute Gasteiger partial charge is 0.359 e. The molecule has 1 atom stereocenters. The number of benzene rings is 10. The fourth-order valence-corrected chi connectivity index (χ4v) is 9.91. The lowest BCUT2D eigenvalue weighted by Gasteiger charge is -2.25. The molecular formula is C69H49N3. The second-order valence-corrected chi connectivity index (χ2v) is 18.1. The monoisotopic (exact) mass is 919 g/mol. The Hall–Kier alpha value is -9.44. The van der Waals surface area contributed by atoms with Gasteiger partial charge in [0.1, 0.15) is 5.84 Å². The van der Waals surface area contributed by atoms with Crippen LogP contribution in [0.25, 0.3) is 95.0 Å². The summed E-state index contributed by atoms with van der Waals surface area (Å²) in [4.78, 5) is 10.9. The predicted molar refractivity (Wildman–Crippen MR) is 301 cm³/mol. The highest BCUT2D eigenvalue weighted by Crippen LogP contribution is 2.49. The molecule has 10 aromatic carbocycles. The molecule has 0 bridgehead atoms. The molecule has 1 N–H and O–H groups in total. The molecule has 0 spiro atoms. The average molecular weight is 920 g/mol. The molecule has 1 aliphatic heterocycles. The predicted octanol–water partition coefficient (Wildman–Crippen LogP) is 17.5. The minimum Gasteiger partial charge on any atom is -0.359 e. The number of rotatable bonds is 11. The molecule has 0 saturated heterocycles. The van der Waals surface area contributed by atoms with E-state index >= 15 is 0 Å². The first kappa shape index (κ1) is 43.8. The zero-order valence-corrected chi connectivity index (χ0v) is 39.6. The molecule has 0 amide bonds. The lowest BCUT2D eigenvalue weighted by molar-refractivity contribution is 0.781. The SMILES string of the molecule is C1=C(c2ccc(-c3ccccc3)cc2)N=C(c2ccc(-c3ccc(-c4c(-c5ccccc5)c(-c5ccccc5)nc(-c5ccccc5)c4-c4ccccc4)cc3)cc2)NC1c1ccc(-c2ccccc2)cc1. The number of hydrogen-bond donors (Lipinski definition) is 1. The van der Waals surface area contributed by atoms with Gasteiger partial charge in [-0.3, -0.25) is 0 Å². The van der Waals surface area contributed by atoms with E-state index in [2.05, 4.69) is 290 Å². The Balaban J connectivity index is 0.923. The van der Waals surface area contributed by atoms with Gasteiger partial charge in [0.25, 0.3) is 0 Å². The van der Waals surface area contributed by atoms with Gasteiger partial charge in [-0.2, -0.15) is 0 Å². The van der Waals surface area contributed by atoms with Crippen LogP contribution in [-0.2, 0) is 0 Å². The second kappa shape index (κ2) is 19.9. The van der Waals surface area contributed by atoms with E-state index in [0.29, 0.717) is 0 Å². The molecule has 1 unspecified atom stereocenters. The molecule has 340 valence electrons. The number of pyridine rings is 1. The first-order valence-electron chi connectivity index (χ1n) is 24.6. The number of aliphatic imine (C=N–C) groups is 1. The Morgan fingerprint density at radius 1 is 0.250 bits per heavy atom. The summed E-state index contributed by atoms with van der Waals surface area (Å²) in [5, 5.41) is 3.81. The van der Waals surface area contributed by atoms with Crippen LogP contribution in [0.4, 0.5) is 0 Å². The number of hydrogen-bond acceptors (Lipinski definition) is 3. The van der Waals surface area contributed by atoms with Crippen LogP contribution in [-0.4, -0.2) is 10.8 Å². The number of amidine groups is 1. The van der Waals surface area contributed by atoms with Gasteiger partial charge in [0, 0.05) is 33.4 Å². The summed E-state index contributed by atoms with van der Waals surface area (Å²) in [5.74, 6) is 0.835. The van der Waals surface area contributed by atoms with E-state index in [0.717, 1.165) is 89.7 Å². The van der Waals surface area contributed by atoms with Crippen molar-refractivity contribution in [2.24, 2.45) is 4.99 Å². The summed E-state index contributed by atoms with van der Waals surface area (Å²) < 4.78 is 0. The van der Waals surface area contributed by atoms with Crippen molar-refractivity contribution >= 4 is 11.5 Å². The quantitative estimate of drug-likeness (QED) is 0.140. The molecule has 0 aliphatic carbocycles. The van der Waals surface area contributed by atoms with Crippen molar-refractivity contribution < 1.29 is 0 Å². The molecule has 3 nitrogen and oxygen atoms in total. The third kappa shape index (κ3) is 8.99. The molecule has 12 rings (SSSR count). The van der Waals surface area contributed by atoms with E-state index in [4.69, 9.17) is 9.98 Å². The van der Waals surface area contributed by atoms with Gasteiger partial charge < -0.3 is 5.32 Å². The van der Waals surface area contributed by atoms with E-state index in [9.17, 15) is 0 Å². The van der Waals surface area contributed by atoms with Crippen LogP contribution in [0.5, 0.6) is 0 Å². The van der Waals surface area contributed by atoms with Crippen molar-refractivity contribution in [1.29, 1.82) is 0 Å². The maximum absolute atomic E-state index is 5.62. The van der Waals surface area contributed by atoms with Gasteiger partial charge in [-0.1, -0.05) is 279 Å². The van der Waals surface area contributed by atoms with Crippen LogP contribution in [0.15, 0.2) is 290 Å². The summed E-state index contributed by atoms with van der Waals surface area (Å²) in [5.41, 5.74) is 21.9. The topological polar surface area (TPSA) is 37.3 Å². The van der Waals surface area contributed by atoms with Gasteiger partial charge in [-0.15, -0.1) is 0 Å². The van der Waals surface area contributed by atoms with Gasteiger partial charge in [-0.05, 0) is 67.3 Å². The molecule has 0 fully saturated rings. The van der Waals surface area contributed by atoms with Gasteiger partial charge in [0.15, 0.2) is 0 Å². The molecule has 3 heteroatoms. The third-order valence-electron chi connectivity index (χ3n) is 13.6. The third-order valence-corrected chi connectivity index (χ3v) is 13.6. The Morgan fingerprint density at radius 2 is 0.542 bits per heavy atom. The van der Waals surface area contributed by atoms with Crippen LogP contribution < -0.4 is 5.32 Å². The van der Waals surface area contributed by atoms with Crippen LogP contribution in [0.1, 0.15) is 22.7 Å². The maximum atomic E-state index is 5.62. The van der Waals surface area contributed by atoms with Crippen molar-refractivity contribution in [2.45, 2.75) is 6.04 Å². The highest BCUT2D eigenvalue weighted by molar-refractivity contribution is 6.06. The minimum absolute atomic E-state index is 0.0853. The Labute approximate surface area is 421 Å². The van der Waals surface area contributed by atoms with Crippen LogP contribution in [0.2, 0.25) is 0 Å². The van der Waals surface area contributed by atoms with E-state index in [-0.39, 0.29) is 6.04 Å². The molecule has 0 radical (unpaired) electrons. The number of aromatic nitrogens is 1. The average Bonchev–Trinajstić information content (AvgIpc) is 3.48. The summed E-state index contributed by atoms with van der Waals surface area (Å²) in [6.07, 6.45) is 2.25. The second-order valence-electron chi connectivity index (χ2n) is 18.1. The molecule has 1 aromatic heterocycles. The minimum atomic E-state index is -0.0853. The highest BCUT2D eigenvalue weighted by atomic mass is 15.0. The van der Waals surface area contributed by atoms with Crippen molar-refractivity contribution in [3.05, 3.63) is 302 Å². The number of nitrogens with one attached hydrogen (secondary N) is 1. The standard InChI is InChI=1S/C69H49N3/c1-7-19-48(20-8-1)50-31-39-54(40-32-50)62-47-63(55-41-33-51(34-42-55)49-21-9-2-10-22-49)71-69(70-62)61-45-37-53(38-46-61)52-35-43-58(44-36-52)64-65(56-23-11-3-12-24-56)67(59-27-15-5-16-28-59)72-68(60-29-17-6-18-30-60)66(64)57-25-13-4-14-26-57/h1-47,62H,(H,70,71). The van der Waals surface area contributed by atoms with Gasteiger partial charge in [-0.25, -0.2) is 9.98 Å². The fourth-order valence-electron chi connectivity index (χ4n) is 9.91. The Morgan fingerprint density at radius 3 is 0.944 bits per heavy atom. The van der Waals surface area contributed by atoms with E-state index in [1.165, 1.54) is 27.8 Å². The number of nitrogens with zero attached hydrogens (tertiary/aromatic N) is 2. The highest BCUT2D eigenvalue weighted by Gasteiger charge is 2.26. The first-order chi connectivity index (χ1) is 35.7. The van der Waals surface area contributed by atoms with Crippen molar-refractivity contribution in [2.75, 3.05) is 0 Å². The molecule has 72 heavy (non-hydrogen) atoms. The van der Waals surface area contributed by atoms with E-state index in [1.54, 1.807) is 0 Å². The van der Waals surface area contributed by atoms with Crippen LogP contribution in [0.3, 0.4) is 0 Å². The summed E-state index contributed by atoms with van der Waals surface area (Å²) >= 11 is 0. The Kier molecular flexibility index (Phi) is 12.1. The van der Waals surface area contributed by atoms with Crippen molar-refractivity contribution in [3.8, 4) is 89.3 Å². The lowest BCUT2D eigenvalue weighted by Crippen LogP contribution is -2.31. The van der Waals surface area contributed by atoms with Crippen LogP contribution in [0, 0.1) is 0 Å². The van der Waals surface area contributed by atoms with E-state index in [1.807, 2.05) is 0 Å². The summed E-state index contributed by atoms with van der Waals surface area (Å²) in [6, 6.07) is 99.1. The molecule has 11 aromatic rings. The Bertz CT molecular complexity index is 3570. The smallest absolute Gasteiger partial charge is 0.134 e. The zero-order chi connectivity index (χ0) is 48.1. The van der Waals surface area contributed by atoms with Crippen LogP contribution >= 0.6 is 0 Å². The van der Waals surface area contributed by atoms with E-state index < -0.39 is 0 Å². The molecular weight excluding hydrogens is 871 g/mol. The molecule has 1 aliphatic rings. The lowest BCUT2D eigenvalue weighted by atomic mass is 9.83.